The molecule has 202 valence electrons. The van der Waals surface area contributed by atoms with Gasteiger partial charge in [0.25, 0.3) is 11.7 Å². The maximum Gasteiger partial charge on any atom is 0.299 e. The van der Waals surface area contributed by atoms with E-state index in [0.29, 0.717) is 16.9 Å². The lowest BCUT2D eigenvalue weighted by atomic mass is 10.00. The summed E-state index contributed by atoms with van der Waals surface area (Å²) in [7, 11) is 3.83. The van der Waals surface area contributed by atoms with Crippen molar-refractivity contribution >= 4 is 40.6 Å². The van der Waals surface area contributed by atoms with Crippen LogP contribution in [0.2, 0.25) is 0 Å². The molecule has 1 aliphatic heterocycles. The summed E-state index contributed by atoms with van der Waals surface area (Å²) >= 11 is 0. The van der Waals surface area contributed by atoms with Gasteiger partial charge in [-0.05, 0) is 60.0 Å². The van der Waals surface area contributed by atoms with E-state index in [0.717, 1.165) is 10.6 Å². The molecule has 0 radical (unpaired) electrons. The first kappa shape index (κ1) is 27.5. The maximum absolute atomic E-state index is 13.8. The van der Waals surface area contributed by atoms with Gasteiger partial charge in [-0.15, -0.1) is 0 Å². The molecule has 0 bridgehead atoms. The van der Waals surface area contributed by atoms with Gasteiger partial charge >= 0.3 is 0 Å². The Balaban J connectivity index is 1.64. The fourth-order valence-corrected chi connectivity index (χ4v) is 4.62. The highest BCUT2D eigenvalue weighted by Gasteiger charge is 2.39. The number of ketones is 1. The Morgan fingerprint density at radius 1 is 0.923 bits per heavy atom. The molecule has 1 unspecified atom stereocenters. The molecular weight excluding hydrogens is 499 g/mol. The largest absolute Gasteiger partial charge is 0.378 e. The summed E-state index contributed by atoms with van der Waals surface area (Å²) in [5.74, 6) is -3.12. The second-order valence-corrected chi connectivity index (χ2v) is 10.0. The van der Waals surface area contributed by atoms with Gasteiger partial charge in [0.1, 0.15) is 18.4 Å². The molecule has 0 aliphatic carbocycles. The molecule has 1 atom stereocenters. The third-order valence-electron chi connectivity index (χ3n) is 6.65. The van der Waals surface area contributed by atoms with Crippen molar-refractivity contribution in [2.24, 2.45) is 5.92 Å². The normalized spacial score (nSPS) is 13.3. The minimum Gasteiger partial charge on any atom is -0.378 e. The molecule has 3 aromatic carbocycles. The number of halogens is 1. The number of amides is 3. The van der Waals surface area contributed by atoms with Crippen LogP contribution in [-0.2, 0) is 20.9 Å². The maximum atomic E-state index is 13.8. The van der Waals surface area contributed by atoms with Crippen LogP contribution in [0.4, 0.5) is 21.5 Å². The van der Waals surface area contributed by atoms with E-state index in [9.17, 15) is 23.6 Å². The lowest BCUT2D eigenvalue weighted by Crippen LogP contribution is -2.53. The number of hydrogen-bond donors (Lipinski definition) is 1. The molecule has 39 heavy (non-hydrogen) atoms. The van der Waals surface area contributed by atoms with Crippen LogP contribution in [-0.4, -0.2) is 55.1 Å². The van der Waals surface area contributed by atoms with Crippen LogP contribution in [0.15, 0.2) is 72.8 Å². The van der Waals surface area contributed by atoms with Crippen molar-refractivity contribution in [3.63, 3.8) is 0 Å². The molecule has 3 aromatic rings. The van der Waals surface area contributed by atoms with Crippen molar-refractivity contribution in [2.75, 3.05) is 35.8 Å². The van der Waals surface area contributed by atoms with E-state index in [1.54, 1.807) is 48.5 Å². The lowest BCUT2D eigenvalue weighted by molar-refractivity contribution is -0.140. The predicted molar refractivity (Wildman–Crippen MR) is 148 cm³/mol. The molecular formula is C30H31FN4O4. The SMILES string of the molecule is CC(C)C(C(=O)Nc1ccc(N(C)C)cc1)N(Cc1ccc(F)cc1)C(=O)CN1C(=O)C(=O)c2ccccc21. The van der Waals surface area contributed by atoms with Gasteiger partial charge in [-0.3, -0.25) is 24.1 Å². The summed E-state index contributed by atoms with van der Waals surface area (Å²) in [5.41, 5.74) is 2.74. The average Bonchev–Trinajstić information content (AvgIpc) is 3.14. The first-order valence-corrected chi connectivity index (χ1v) is 12.6. The highest BCUT2D eigenvalue weighted by Crippen LogP contribution is 2.29. The first-order chi connectivity index (χ1) is 18.6. The first-order valence-electron chi connectivity index (χ1n) is 12.6. The van der Waals surface area contributed by atoms with E-state index in [1.165, 1.54) is 17.0 Å². The average molecular weight is 531 g/mol. The number of para-hydroxylation sites is 1. The van der Waals surface area contributed by atoms with Crippen LogP contribution in [0.25, 0.3) is 0 Å². The fraction of sp³-hybridized carbons (Fsp3) is 0.267. The molecule has 1 N–H and O–H groups in total. The Bertz CT molecular complexity index is 1390. The number of carbonyl (C=O) groups excluding carboxylic acids is 4. The number of nitrogens with one attached hydrogen (secondary N) is 1. The van der Waals surface area contributed by atoms with E-state index < -0.39 is 41.9 Å². The van der Waals surface area contributed by atoms with Crippen LogP contribution in [0.5, 0.6) is 0 Å². The van der Waals surface area contributed by atoms with Gasteiger partial charge in [-0.1, -0.05) is 38.1 Å². The number of benzene rings is 3. The van der Waals surface area contributed by atoms with Gasteiger partial charge in [0.05, 0.1) is 11.3 Å². The summed E-state index contributed by atoms with van der Waals surface area (Å²) in [5, 5.41) is 2.90. The number of anilines is 3. The van der Waals surface area contributed by atoms with Gasteiger partial charge in [0, 0.05) is 32.0 Å². The summed E-state index contributed by atoms with van der Waals surface area (Å²) in [6, 6.07) is 18.5. The zero-order valence-corrected chi connectivity index (χ0v) is 22.3. The van der Waals surface area contributed by atoms with E-state index >= 15 is 0 Å². The van der Waals surface area contributed by atoms with Crippen molar-refractivity contribution in [1.82, 2.24) is 4.90 Å². The Morgan fingerprint density at radius 3 is 2.18 bits per heavy atom. The van der Waals surface area contributed by atoms with Crippen molar-refractivity contribution in [2.45, 2.75) is 26.4 Å². The molecule has 3 amide bonds. The van der Waals surface area contributed by atoms with Crippen LogP contribution in [0.1, 0.15) is 29.8 Å². The van der Waals surface area contributed by atoms with Crippen molar-refractivity contribution in [3.05, 3.63) is 89.7 Å². The minimum absolute atomic E-state index is 0.00652. The third kappa shape index (κ3) is 5.98. The van der Waals surface area contributed by atoms with Gasteiger partial charge in [-0.25, -0.2) is 4.39 Å². The smallest absolute Gasteiger partial charge is 0.299 e. The number of carbonyl (C=O) groups is 4. The molecule has 0 saturated carbocycles. The Labute approximate surface area is 227 Å². The molecule has 4 rings (SSSR count). The van der Waals surface area contributed by atoms with Crippen LogP contribution >= 0.6 is 0 Å². The molecule has 8 nitrogen and oxygen atoms in total. The highest BCUT2D eigenvalue weighted by atomic mass is 19.1. The standard InChI is InChI=1S/C30H31FN4O4/c1-19(2)27(29(38)32-22-13-15-23(16-14-22)33(3)4)35(17-20-9-11-21(31)12-10-20)26(36)18-34-25-8-6-5-7-24(25)28(37)30(34)39/h5-16,19,27H,17-18H2,1-4H3,(H,32,38). The number of nitrogens with zero attached hydrogens (tertiary/aromatic N) is 3. The van der Waals surface area contributed by atoms with Crippen LogP contribution < -0.4 is 15.1 Å². The topological polar surface area (TPSA) is 90.0 Å². The van der Waals surface area contributed by atoms with Gasteiger partial charge < -0.3 is 15.1 Å². The van der Waals surface area contributed by atoms with Crippen molar-refractivity contribution < 1.29 is 23.6 Å². The molecule has 0 aromatic heterocycles. The van der Waals surface area contributed by atoms with Crippen LogP contribution in [0.3, 0.4) is 0 Å². The monoisotopic (exact) mass is 530 g/mol. The second kappa shape index (κ2) is 11.5. The van der Waals surface area contributed by atoms with Crippen molar-refractivity contribution in [3.8, 4) is 0 Å². The second-order valence-electron chi connectivity index (χ2n) is 10.0. The quantitative estimate of drug-likeness (QED) is 0.421. The number of Topliss-reactive ketones (excluding diaryl/α,β-unsaturated/α-hetero) is 1. The fourth-order valence-electron chi connectivity index (χ4n) is 4.62. The summed E-state index contributed by atoms with van der Waals surface area (Å²) in [4.78, 5) is 57.1. The zero-order valence-electron chi connectivity index (χ0n) is 22.3. The van der Waals surface area contributed by atoms with E-state index in [1.807, 2.05) is 45.0 Å². The van der Waals surface area contributed by atoms with E-state index in [4.69, 9.17) is 0 Å². The Kier molecular flexibility index (Phi) is 8.09. The molecule has 0 spiro atoms. The van der Waals surface area contributed by atoms with E-state index in [-0.39, 0.29) is 18.0 Å². The molecule has 0 saturated heterocycles. The zero-order chi connectivity index (χ0) is 28.3. The number of fused-ring (bicyclic) bond motifs is 1. The van der Waals surface area contributed by atoms with Gasteiger partial charge in [0.2, 0.25) is 11.8 Å². The number of hydrogen-bond acceptors (Lipinski definition) is 5. The number of rotatable bonds is 9. The molecule has 9 heteroatoms. The van der Waals surface area contributed by atoms with Crippen LogP contribution in [0, 0.1) is 11.7 Å². The molecule has 1 heterocycles. The molecule has 1 aliphatic rings. The summed E-state index contributed by atoms with van der Waals surface area (Å²) < 4.78 is 13.6. The van der Waals surface area contributed by atoms with E-state index in [2.05, 4.69) is 5.32 Å². The Hall–Kier alpha value is -4.53. The van der Waals surface area contributed by atoms with Gasteiger partial charge in [0.15, 0.2) is 0 Å². The minimum atomic E-state index is -0.917. The summed E-state index contributed by atoms with van der Waals surface area (Å²) in [6.45, 7) is 3.23. The predicted octanol–water partition coefficient (Wildman–Crippen LogP) is 4.11. The summed E-state index contributed by atoms with van der Waals surface area (Å²) in [6.07, 6.45) is 0. The lowest BCUT2D eigenvalue weighted by Gasteiger charge is -2.34. The highest BCUT2D eigenvalue weighted by molar-refractivity contribution is 6.52. The third-order valence-corrected chi connectivity index (χ3v) is 6.65. The van der Waals surface area contributed by atoms with Crippen molar-refractivity contribution in [1.29, 1.82) is 0 Å². The molecule has 0 fully saturated rings. The van der Waals surface area contributed by atoms with Gasteiger partial charge in [-0.2, -0.15) is 0 Å². The Morgan fingerprint density at radius 2 is 1.56 bits per heavy atom.